The first-order chi connectivity index (χ1) is 12.0. The van der Waals surface area contributed by atoms with Crippen LogP contribution < -0.4 is 14.9 Å². The van der Waals surface area contributed by atoms with Crippen molar-refractivity contribution < 1.29 is 19.4 Å². The zero-order valence-electron chi connectivity index (χ0n) is 13.2. The van der Waals surface area contributed by atoms with Gasteiger partial charge >= 0.3 is 0 Å². The molecule has 0 saturated carbocycles. The monoisotopic (exact) mass is 359 g/mol. The third kappa shape index (κ3) is 5.12. The quantitative estimate of drug-likeness (QED) is 0.609. The van der Waals surface area contributed by atoms with Gasteiger partial charge < -0.3 is 14.6 Å². The summed E-state index contributed by atoms with van der Waals surface area (Å²) in [6, 6.07) is 11.4. The Labute approximate surface area is 149 Å². The van der Waals surface area contributed by atoms with Gasteiger partial charge in [0.05, 0.1) is 30.0 Å². The Morgan fingerprint density at radius 2 is 2.12 bits per heavy atom. The smallest absolute Gasteiger partial charge is 0.277 e. The summed E-state index contributed by atoms with van der Waals surface area (Å²) in [5, 5.41) is 22.2. The molecular formula is C17H14ClN3O4. The largest absolute Gasteiger partial charge is 0.503 e. The van der Waals surface area contributed by atoms with Crippen molar-refractivity contribution in [2.24, 2.45) is 5.10 Å². The fourth-order valence-electron chi connectivity index (χ4n) is 1.81. The van der Waals surface area contributed by atoms with Gasteiger partial charge in [0.2, 0.25) is 0 Å². The third-order valence-corrected chi connectivity index (χ3v) is 3.32. The molecule has 1 amide bonds. The molecule has 0 atom stereocenters. The molecule has 0 radical (unpaired) electrons. The molecule has 2 N–H and O–H groups in total. The first kappa shape index (κ1) is 18.1. The molecule has 25 heavy (non-hydrogen) atoms. The number of hydrogen-bond acceptors (Lipinski definition) is 6. The Bertz CT molecular complexity index is 829. The summed E-state index contributed by atoms with van der Waals surface area (Å²) in [7, 11) is 1.40. The molecule has 0 heterocycles. The number of carbonyl (C=O) groups excluding carboxylic acids is 1. The Balaban J connectivity index is 1.88. The average molecular weight is 360 g/mol. The summed E-state index contributed by atoms with van der Waals surface area (Å²) in [5.41, 5.74) is 3.34. The molecule has 7 nitrogen and oxygen atoms in total. The first-order valence-electron chi connectivity index (χ1n) is 7.05. The number of methoxy groups -OCH3 is 1. The number of hydrogen-bond donors (Lipinski definition) is 2. The lowest BCUT2D eigenvalue weighted by Crippen LogP contribution is -2.24. The number of aromatic hydroxyl groups is 1. The number of ether oxygens (including phenoxy) is 2. The van der Waals surface area contributed by atoms with Gasteiger partial charge in [-0.1, -0.05) is 11.6 Å². The molecule has 2 aromatic rings. The van der Waals surface area contributed by atoms with Crippen LogP contribution in [0.25, 0.3) is 0 Å². The van der Waals surface area contributed by atoms with E-state index in [0.29, 0.717) is 16.9 Å². The number of rotatable bonds is 6. The van der Waals surface area contributed by atoms with E-state index in [1.54, 1.807) is 24.3 Å². The van der Waals surface area contributed by atoms with Crippen LogP contribution >= 0.6 is 11.6 Å². The Hall–Kier alpha value is -3.24. The van der Waals surface area contributed by atoms with Gasteiger partial charge in [-0.05, 0) is 42.0 Å². The summed E-state index contributed by atoms with van der Waals surface area (Å²) in [6.45, 7) is -0.233. The molecule has 128 valence electrons. The molecule has 0 aliphatic rings. The molecule has 0 unspecified atom stereocenters. The number of phenolic OH excluding ortho intramolecular Hbond substituents is 1. The van der Waals surface area contributed by atoms with Crippen LogP contribution in [0.15, 0.2) is 41.5 Å². The maximum absolute atomic E-state index is 11.7. The molecule has 0 saturated heterocycles. The zero-order valence-corrected chi connectivity index (χ0v) is 13.9. The van der Waals surface area contributed by atoms with Crippen LogP contribution in [0.4, 0.5) is 0 Å². The van der Waals surface area contributed by atoms with Crippen molar-refractivity contribution in [3.63, 3.8) is 0 Å². The highest BCUT2D eigenvalue weighted by Crippen LogP contribution is 2.34. The summed E-state index contributed by atoms with van der Waals surface area (Å²) in [4.78, 5) is 11.7. The van der Waals surface area contributed by atoms with Gasteiger partial charge in [0.15, 0.2) is 18.1 Å². The van der Waals surface area contributed by atoms with Gasteiger partial charge in [-0.25, -0.2) is 5.43 Å². The van der Waals surface area contributed by atoms with Crippen LogP contribution in [0, 0.1) is 11.3 Å². The molecule has 2 rings (SSSR count). The van der Waals surface area contributed by atoms with E-state index in [-0.39, 0.29) is 23.1 Å². The summed E-state index contributed by atoms with van der Waals surface area (Å²) >= 11 is 5.86. The predicted octanol–water partition coefficient (Wildman–Crippen LogP) is 2.45. The standard InChI is InChI=1S/C17H14ClN3O4/c1-24-15-7-12(6-14(18)17(15)23)9-20-21-16(22)10-25-13-4-2-11(8-19)3-5-13/h2-7,9,23H,10H2,1H3,(H,21,22)/b20-9+. The number of hydrazone groups is 1. The van der Waals surface area contributed by atoms with E-state index in [4.69, 9.17) is 26.3 Å². The topological polar surface area (TPSA) is 104 Å². The lowest BCUT2D eigenvalue weighted by Gasteiger charge is -2.06. The zero-order chi connectivity index (χ0) is 18.2. The first-order valence-corrected chi connectivity index (χ1v) is 7.42. The number of nitrogens with one attached hydrogen (secondary N) is 1. The number of carbonyl (C=O) groups is 1. The molecule has 0 aromatic heterocycles. The Morgan fingerprint density at radius 3 is 2.76 bits per heavy atom. The molecule has 0 aliphatic carbocycles. The van der Waals surface area contributed by atoms with E-state index < -0.39 is 5.91 Å². The number of amides is 1. The number of nitrogens with zero attached hydrogens (tertiary/aromatic N) is 2. The van der Waals surface area contributed by atoms with Crippen LogP contribution in [-0.4, -0.2) is 30.9 Å². The molecule has 0 fully saturated rings. The van der Waals surface area contributed by atoms with Crippen molar-refractivity contribution in [2.45, 2.75) is 0 Å². The fraction of sp³-hybridized carbons (Fsp3) is 0.118. The fourth-order valence-corrected chi connectivity index (χ4v) is 2.03. The lowest BCUT2D eigenvalue weighted by molar-refractivity contribution is -0.123. The molecule has 2 aromatic carbocycles. The lowest BCUT2D eigenvalue weighted by atomic mass is 10.2. The van der Waals surface area contributed by atoms with E-state index in [9.17, 15) is 9.90 Å². The van der Waals surface area contributed by atoms with Crippen LogP contribution in [0.3, 0.4) is 0 Å². The minimum Gasteiger partial charge on any atom is -0.503 e. The van der Waals surface area contributed by atoms with E-state index >= 15 is 0 Å². The second-order valence-electron chi connectivity index (χ2n) is 4.77. The second kappa shape index (κ2) is 8.57. The van der Waals surface area contributed by atoms with Crippen LogP contribution in [0.5, 0.6) is 17.2 Å². The number of halogens is 1. The van der Waals surface area contributed by atoms with E-state index in [2.05, 4.69) is 10.5 Å². The minimum atomic E-state index is -0.461. The maximum atomic E-state index is 11.7. The number of phenols is 1. The van der Waals surface area contributed by atoms with Crippen molar-refractivity contribution in [1.82, 2.24) is 5.43 Å². The van der Waals surface area contributed by atoms with Gasteiger partial charge in [-0.3, -0.25) is 4.79 Å². The molecule has 0 bridgehead atoms. The maximum Gasteiger partial charge on any atom is 0.277 e. The van der Waals surface area contributed by atoms with Crippen LogP contribution in [0.2, 0.25) is 5.02 Å². The van der Waals surface area contributed by atoms with Crippen molar-refractivity contribution >= 4 is 23.7 Å². The van der Waals surface area contributed by atoms with Crippen molar-refractivity contribution in [2.75, 3.05) is 13.7 Å². The molecule has 8 heteroatoms. The Morgan fingerprint density at radius 1 is 1.40 bits per heavy atom. The van der Waals surface area contributed by atoms with E-state index in [1.807, 2.05) is 6.07 Å². The molecule has 0 spiro atoms. The van der Waals surface area contributed by atoms with Crippen LogP contribution in [-0.2, 0) is 4.79 Å². The van der Waals surface area contributed by atoms with Gasteiger partial charge in [-0.2, -0.15) is 10.4 Å². The van der Waals surface area contributed by atoms with Gasteiger partial charge in [0.1, 0.15) is 5.75 Å². The van der Waals surface area contributed by atoms with Crippen molar-refractivity contribution in [3.05, 3.63) is 52.5 Å². The van der Waals surface area contributed by atoms with E-state index in [1.165, 1.54) is 25.5 Å². The van der Waals surface area contributed by atoms with Gasteiger partial charge in [0, 0.05) is 0 Å². The van der Waals surface area contributed by atoms with Gasteiger partial charge in [0.25, 0.3) is 5.91 Å². The molecule has 0 aliphatic heterocycles. The summed E-state index contributed by atoms with van der Waals surface area (Å²) < 4.78 is 10.2. The summed E-state index contributed by atoms with van der Waals surface area (Å²) in [6.07, 6.45) is 1.35. The highest BCUT2D eigenvalue weighted by atomic mass is 35.5. The highest BCUT2D eigenvalue weighted by Gasteiger charge is 2.08. The van der Waals surface area contributed by atoms with Crippen LogP contribution in [0.1, 0.15) is 11.1 Å². The van der Waals surface area contributed by atoms with Crippen molar-refractivity contribution in [1.29, 1.82) is 5.26 Å². The predicted molar refractivity (Wildman–Crippen MR) is 92.1 cm³/mol. The number of nitriles is 1. The minimum absolute atomic E-state index is 0.108. The molecular weight excluding hydrogens is 346 g/mol. The van der Waals surface area contributed by atoms with Gasteiger partial charge in [-0.15, -0.1) is 0 Å². The third-order valence-electron chi connectivity index (χ3n) is 3.03. The SMILES string of the molecule is COc1cc(/C=N/NC(=O)COc2ccc(C#N)cc2)cc(Cl)c1O. The van der Waals surface area contributed by atoms with Crippen molar-refractivity contribution in [3.8, 4) is 23.3 Å². The van der Waals surface area contributed by atoms with E-state index in [0.717, 1.165) is 0 Å². The average Bonchev–Trinajstić information content (AvgIpc) is 2.63. The normalized spacial score (nSPS) is 10.3. The summed E-state index contributed by atoms with van der Waals surface area (Å²) in [5.74, 6) is 0.0382. The highest BCUT2D eigenvalue weighted by molar-refractivity contribution is 6.32. The second-order valence-corrected chi connectivity index (χ2v) is 5.18. The Kier molecular flexibility index (Phi) is 6.20. The number of benzene rings is 2.